The number of fused-ring (bicyclic) bond motifs is 4. The number of aromatic nitrogens is 1. The van der Waals surface area contributed by atoms with Crippen molar-refractivity contribution in [3.8, 4) is 44.8 Å². The summed E-state index contributed by atoms with van der Waals surface area (Å²) in [6.45, 7) is 0. The molecule has 8 rings (SSSR count). The van der Waals surface area contributed by atoms with Crippen molar-refractivity contribution in [2.24, 2.45) is 0 Å². The average molecular weight is 530 g/mol. The van der Waals surface area contributed by atoms with Crippen LogP contribution in [0.5, 0.6) is 0 Å². The summed E-state index contributed by atoms with van der Waals surface area (Å²) in [7, 11) is 0. The smallest absolute Gasteiger partial charge is 0.227 e. The predicted octanol–water partition coefficient (Wildman–Crippen LogP) is 10.9. The second kappa shape index (κ2) is 9.33. The Morgan fingerprint density at radius 2 is 1.05 bits per heavy atom. The van der Waals surface area contributed by atoms with Gasteiger partial charge in [-0.25, -0.2) is 4.98 Å². The molecule has 3 heteroatoms. The van der Waals surface area contributed by atoms with Crippen molar-refractivity contribution < 1.29 is 4.42 Å². The lowest BCUT2D eigenvalue weighted by Gasteiger charge is -2.06. The minimum absolute atomic E-state index is 0.627. The van der Waals surface area contributed by atoms with E-state index in [2.05, 4.69) is 127 Å². The maximum Gasteiger partial charge on any atom is 0.227 e. The van der Waals surface area contributed by atoms with Crippen molar-refractivity contribution in [1.82, 2.24) is 4.98 Å². The molecule has 0 amide bonds. The Kier molecular flexibility index (Phi) is 5.35. The number of thiophene rings is 1. The number of oxazole rings is 1. The first-order valence-electron chi connectivity index (χ1n) is 13.4. The van der Waals surface area contributed by atoms with E-state index >= 15 is 0 Å². The Hall–Kier alpha value is -4.99. The molecule has 0 radical (unpaired) electrons. The van der Waals surface area contributed by atoms with Crippen LogP contribution in [-0.2, 0) is 0 Å². The molecule has 0 aliphatic rings. The van der Waals surface area contributed by atoms with Crippen LogP contribution >= 0.6 is 11.3 Å². The van der Waals surface area contributed by atoms with E-state index in [1.807, 2.05) is 23.5 Å². The van der Waals surface area contributed by atoms with Gasteiger partial charge in [-0.05, 0) is 46.5 Å². The molecule has 0 fully saturated rings. The Labute approximate surface area is 235 Å². The van der Waals surface area contributed by atoms with Crippen LogP contribution in [0.25, 0.3) is 76.1 Å². The minimum atomic E-state index is 0.627. The number of hydrogen-bond donors (Lipinski definition) is 0. The Balaban J connectivity index is 1.26. The highest BCUT2D eigenvalue weighted by Gasteiger charge is 2.18. The topological polar surface area (TPSA) is 26.0 Å². The first-order valence-corrected chi connectivity index (χ1v) is 14.2. The monoisotopic (exact) mass is 529 g/mol. The first-order chi connectivity index (χ1) is 19.8. The molecule has 2 nitrogen and oxygen atoms in total. The number of benzene rings is 6. The van der Waals surface area contributed by atoms with Crippen molar-refractivity contribution in [1.29, 1.82) is 0 Å². The molecule has 0 N–H and O–H groups in total. The van der Waals surface area contributed by atoms with Gasteiger partial charge < -0.3 is 4.42 Å². The SMILES string of the molecule is c1ccc(-c2ccc(-c3ccccc3)c3oc(-c4ccc(-c5cccc6c5sc5ccccc56)cc4)nc23)cc1. The molecular weight excluding hydrogens is 506 g/mol. The van der Waals surface area contributed by atoms with Gasteiger partial charge in [0.25, 0.3) is 0 Å². The third kappa shape index (κ3) is 3.75. The summed E-state index contributed by atoms with van der Waals surface area (Å²) in [5.41, 5.74) is 9.43. The van der Waals surface area contributed by atoms with Crippen LogP contribution in [0.4, 0.5) is 0 Å². The van der Waals surface area contributed by atoms with Crippen LogP contribution in [0.1, 0.15) is 0 Å². The van der Waals surface area contributed by atoms with E-state index in [0.717, 1.165) is 38.9 Å². The molecule has 6 aromatic carbocycles. The number of hydrogen-bond acceptors (Lipinski definition) is 3. The molecule has 0 unspecified atom stereocenters. The summed E-state index contributed by atoms with van der Waals surface area (Å²) in [6.07, 6.45) is 0. The summed E-state index contributed by atoms with van der Waals surface area (Å²) >= 11 is 1.85. The second-order valence-electron chi connectivity index (χ2n) is 9.95. The Morgan fingerprint density at radius 3 is 1.82 bits per heavy atom. The van der Waals surface area contributed by atoms with E-state index in [4.69, 9.17) is 9.40 Å². The largest absolute Gasteiger partial charge is 0.435 e. The quantitative estimate of drug-likeness (QED) is 0.227. The summed E-state index contributed by atoms with van der Waals surface area (Å²) in [5, 5.41) is 2.62. The number of nitrogens with zero attached hydrogens (tertiary/aromatic N) is 1. The Morgan fingerprint density at radius 1 is 0.450 bits per heavy atom. The van der Waals surface area contributed by atoms with Gasteiger partial charge in [-0.3, -0.25) is 0 Å². The van der Waals surface area contributed by atoms with E-state index in [9.17, 15) is 0 Å². The molecule has 0 aliphatic carbocycles. The van der Waals surface area contributed by atoms with Gasteiger partial charge in [0.2, 0.25) is 5.89 Å². The summed E-state index contributed by atoms with van der Waals surface area (Å²) in [5.74, 6) is 0.627. The highest BCUT2D eigenvalue weighted by atomic mass is 32.1. The molecule has 0 saturated carbocycles. The third-order valence-corrected chi connectivity index (χ3v) is 8.78. The molecular formula is C37H23NOS. The fourth-order valence-electron chi connectivity index (χ4n) is 5.59. The number of rotatable bonds is 4. The molecule has 0 spiro atoms. The van der Waals surface area contributed by atoms with Gasteiger partial charge in [0.05, 0.1) is 0 Å². The van der Waals surface area contributed by atoms with E-state index < -0.39 is 0 Å². The van der Waals surface area contributed by atoms with Crippen molar-refractivity contribution in [2.45, 2.75) is 0 Å². The first kappa shape index (κ1) is 22.9. The zero-order valence-corrected chi connectivity index (χ0v) is 22.4. The molecule has 0 atom stereocenters. The van der Waals surface area contributed by atoms with Gasteiger partial charge in [0.1, 0.15) is 5.52 Å². The molecule has 8 aromatic rings. The maximum atomic E-state index is 6.55. The third-order valence-electron chi connectivity index (χ3n) is 7.56. The van der Waals surface area contributed by atoms with Crippen LogP contribution in [0, 0.1) is 0 Å². The second-order valence-corrected chi connectivity index (χ2v) is 11.0. The minimum Gasteiger partial charge on any atom is -0.435 e. The van der Waals surface area contributed by atoms with Gasteiger partial charge in [0, 0.05) is 36.9 Å². The zero-order chi connectivity index (χ0) is 26.5. The molecule has 0 aliphatic heterocycles. The summed E-state index contributed by atoms with van der Waals surface area (Å²) in [4.78, 5) is 5.06. The standard InChI is InChI=1S/C37H23NOS/c1-3-10-24(11-4-1)28-22-23-29(25-12-5-2-6-13-25)35-34(28)38-37(39-35)27-20-18-26(19-21-27)30-15-9-16-32-31-14-7-8-17-33(31)40-36(30)32/h1-23H. The normalized spacial score (nSPS) is 11.5. The molecule has 0 bridgehead atoms. The van der Waals surface area contributed by atoms with Crippen molar-refractivity contribution in [3.05, 3.63) is 140 Å². The van der Waals surface area contributed by atoms with E-state index in [1.165, 1.54) is 31.3 Å². The zero-order valence-electron chi connectivity index (χ0n) is 21.5. The van der Waals surface area contributed by atoms with Crippen molar-refractivity contribution in [3.63, 3.8) is 0 Å². The fourth-order valence-corrected chi connectivity index (χ4v) is 6.83. The van der Waals surface area contributed by atoms with Crippen molar-refractivity contribution in [2.75, 3.05) is 0 Å². The van der Waals surface area contributed by atoms with E-state index in [1.54, 1.807) is 0 Å². The predicted molar refractivity (Wildman–Crippen MR) is 169 cm³/mol. The van der Waals surface area contributed by atoms with E-state index in [-0.39, 0.29) is 0 Å². The maximum absolute atomic E-state index is 6.55. The lowest BCUT2D eigenvalue weighted by atomic mass is 9.98. The lowest BCUT2D eigenvalue weighted by molar-refractivity contribution is 0.621. The van der Waals surface area contributed by atoms with Gasteiger partial charge >= 0.3 is 0 Å². The summed E-state index contributed by atoms with van der Waals surface area (Å²) < 4.78 is 9.18. The Bertz CT molecular complexity index is 2060. The van der Waals surface area contributed by atoms with Gasteiger partial charge in [0.15, 0.2) is 5.58 Å². The van der Waals surface area contributed by atoms with Gasteiger partial charge in [-0.1, -0.05) is 115 Å². The van der Waals surface area contributed by atoms with Crippen molar-refractivity contribution >= 4 is 42.6 Å². The highest BCUT2D eigenvalue weighted by molar-refractivity contribution is 7.26. The summed E-state index contributed by atoms with van der Waals surface area (Å²) in [6, 6.07) is 48.9. The molecule has 188 valence electrons. The molecule has 0 saturated heterocycles. The van der Waals surface area contributed by atoms with Crippen LogP contribution in [0.2, 0.25) is 0 Å². The average Bonchev–Trinajstić information content (AvgIpc) is 3.64. The highest BCUT2D eigenvalue weighted by Crippen LogP contribution is 2.41. The van der Waals surface area contributed by atoms with Crippen LogP contribution in [0.15, 0.2) is 144 Å². The molecule has 2 aromatic heterocycles. The van der Waals surface area contributed by atoms with E-state index in [0.29, 0.717) is 5.89 Å². The van der Waals surface area contributed by atoms with Crippen LogP contribution in [-0.4, -0.2) is 4.98 Å². The van der Waals surface area contributed by atoms with Gasteiger partial charge in [-0.15, -0.1) is 11.3 Å². The lowest BCUT2D eigenvalue weighted by Crippen LogP contribution is -1.84. The fraction of sp³-hybridized carbons (Fsp3) is 0. The van der Waals surface area contributed by atoms with Crippen LogP contribution < -0.4 is 0 Å². The molecule has 40 heavy (non-hydrogen) atoms. The van der Waals surface area contributed by atoms with Crippen LogP contribution in [0.3, 0.4) is 0 Å². The van der Waals surface area contributed by atoms with Gasteiger partial charge in [-0.2, -0.15) is 0 Å². The molecule has 2 heterocycles.